The van der Waals surface area contributed by atoms with Crippen LogP contribution in [0.1, 0.15) is 5.56 Å². The van der Waals surface area contributed by atoms with Crippen LogP contribution in [0.2, 0.25) is 0 Å². The molecule has 2 rings (SSSR count). The Morgan fingerprint density at radius 2 is 1.75 bits per heavy atom. The first-order valence-electron chi connectivity index (χ1n) is 5.61. The summed E-state index contributed by atoms with van der Waals surface area (Å²) in [6.45, 7) is 1.70. The van der Waals surface area contributed by atoms with Gasteiger partial charge in [-0.2, -0.15) is 0 Å². The van der Waals surface area contributed by atoms with Crippen molar-refractivity contribution < 1.29 is 27.4 Å². The van der Waals surface area contributed by atoms with E-state index in [-0.39, 0.29) is 11.1 Å². The van der Waals surface area contributed by atoms with E-state index in [1.165, 1.54) is 18.2 Å². The van der Waals surface area contributed by atoms with Crippen LogP contribution >= 0.6 is 0 Å². The van der Waals surface area contributed by atoms with Crippen LogP contribution < -0.4 is 4.74 Å². The number of benzene rings is 2. The zero-order valence-electron chi connectivity index (χ0n) is 10.3. The zero-order valence-corrected chi connectivity index (χ0v) is 10.3. The van der Waals surface area contributed by atoms with Crippen LogP contribution in [-0.2, 0) is 0 Å². The molecule has 0 heterocycles. The molecular formula is C14H10F4O2. The first kappa shape index (κ1) is 14.2. The second kappa shape index (κ2) is 5.03. The molecule has 1 N–H and O–H groups in total. The van der Waals surface area contributed by atoms with Crippen molar-refractivity contribution in [1.82, 2.24) is 0 Å². The van der Waals surface area contributed by atoms with Crippen LogP contribution in [0.3, 0.4) is 0 Å². The van der Waals surface area contributed by atoms with Crippen LogP contribution in [0.25, 0.3) is 11.1 Å². The minimum Gasteiger partial charge on any atom is -0.504 e. The van der Waals surface area contributed by atoms with Gasteiger partial charge in [-0.1, -0.05) is 18.2 Å². The minimum absolute atomic E-state index is 0.127. The summed E-state index contributed by atoms with van der Waals surface area (Å²) in [5.41, 5.74) is 0.999. The maximum absolute atomic E-state index is 13.8. The molecule has 0 fully saturated rings. The predicted octanol–water partition coefficient (Wildman–Crippen LogP) is 4.41. The largest absolute Gasteiger partial charge is 0.573 e. The average molecular weight is 286 g/mol. The van der Waals surface area contributed by atoms with Gasteiger partial charge in [0.15, 0.2) is 11.5 Å². The summed E-state index contributed by atoms with van der Waals surface area (Å²) in [7, 11) is 0. The van der Waals surface area contributed by atoms with Gasteiger partial charge in [-0.15, -0.1) is 13.2 Å². The molecular weight excluding hydrogens is 276 g/mol. The molecule has 2 aromatic rings. The second-order valence-corrected chi connectivity index (χ2v) is 4.21. The molecule has 0 amide bonds. The van der Waals surface area contributed by atoms with Crippen molar-refractivity contribution in [3.63, 3.8) is 0 Å². The number of phenols is 1. The lowest BCUT2D eigenvalue weighted by atomic mass is 10.0. The number of hydrogen-bond acceptors (Lipinski definition) is 2. The molecule has 0 saturated carbocycles. The molecule has 0 unspecified atom stereocenters. The molecule has 0 aliphatic rings. The molecule has 106 valence electrons. The van der Waals surface area contributed by atoms with Crippen LogP contribution in [0, 0.1) is 12.7 Å². The van der Waals surface area contributed by atoms with Crippen molar-refractivity contribution in [3.05, 3.63) is 47.8 Å². The summed E-state index contributed by atoms with van der Waals surface area (Å²) in [6, 6.07) is 7.63. The summed E-state index contributed by atoms with van der Waals surface area (Å²) in [6.07, 6.45) is -4.93. The van der Waals surface area contributed by atoms with Crippen molar-refractivity contribution in [2.24, 2.45) is 0 Å². The van der Waals surface area contributed by atoms with E-state index in [4.69, 9.17) is 0 Å². The van der Waals surface area contributed by atoms with Gasteiger partial charge in [-0.25, -0.2) is 4.39 Å². The molecule has 0 bridgehead atoms. The number of aryl methyl sites for hydroxylation is 1. The van der Waals surface area contributed by atoms with E-state index in [1.54, 1.807) is 13.0 Å². The van der Waals surface area contributed by atoms with Crippen LogP contribution in [0.5, 0.6) is 11.5 Å². The van der Waals surface area contributed by atoms with Crippen LogP contribution in [-0.4, -0.2) is 11.5 Å². The van der Waals surface area contributed by atoms with Crippen molar-refractivity contribution >= 4 is 0 Å². The number of alkyl halides is 3. The van der Waals surface area contributed by atoms with E-state index in [9.17, 15) is 22.7 Å². The van der Waals surface area contributed by atoms with Crippen LogP contribution in [0.4, 0.5) is 17.6 Å². The highest BCUT2D eigenvalue weighted by molar-refractivity contribution is 5.67. The topological polar surface area (TPSA) is 29.5 Å². The Balaban J connectivity index is 2.45. The van der Waals surface area contributed by atoms with E-state index >= 15 is 0 Å². The Labute approximate surface area is 112 Å². The molecule has 2 nitrogen and oxygen atoms in total. The van der Waals surface area contributed by atoms with Crippen molar-refractivity contribution in [3.8, 4) is 22.6 Å². The van der Waals surface area contributed by atoms with E-state index in [0.29, 0.717) is 5.56 Å². The third kappa shape index (κ3) is 3.20. The summed E-state index contributed by atoms with van der Waals surface area (Å²) in [5.74, 6) is -2.00. The molecule has 0 saturated heterocycles. The van der Waals surface area contributed by atoms with Gasteiger partial charge in [-0.3, -0.25) is 0 Å². The molecule has 0 aromatic heterocycles. The fourth-order valence-electron chi connectivity index (χ4n) is 1.74. The molecule has 0 aliphatic heterocycles. The Hall–Kier alpha value is -2.24. The standard InChI is InChI=1S/C14H10F4O2/c1-8-2-4-10(11(15)6-8)9-3-5-12(19)13(7-9)20-14(16,17)18/h2-7,19H,1H3. The second-order valence-electron chi connectivity index (χ2n) is 4.21. The Morgan fingerprint density at radius 3 is 2.35 bits per heavy atom. The Kier molecular flexibility index (Phi) is 3.57. The van der Waals surface area contributed by atoms with Gasteiger partial charge in [-0.05, 0) is 36.2 Å². The fraction of sp³-hybridized carbons (Fsp3) is 0.143. The normalized spacial score (nSPS) is 11.4. The molecule has 0 radical (unpaired) electrons. The lowest BCUT2D eigenvalue weighted by Crippen LogP contribution is -2.17. The SMILES string of the molecule is Cc1ccc(-c2ccc(O)c(OC(F)(F)F)c2)c(F)c1. The van der Waals surface area contributed by atoms with E-state index in [0.717, 1.165) is 12.1 Å². The van der Waals surface area contributed by atoms with Gasteiger partial charge in [0.25, 0.3) is 0 Å². The fourth-order valence-corrected chi connectivity index (χ4v) is 1.74. The highest BCUT2D eigenvalue weighted by Crippen LogP contribution is 2.36. The van der Waals surface area contributed by atoms with Crippen molar-refractivity contribution in [1.29, 1.82) is 0 Å². The lowest BCUT2D eigenvalue weighted by Gasteiger charge is -2.12. The maximum Gasteiger partial charge on any atom is 0.573 e. The number of rotatable bonds is 2. The molecule has 0 atom stereocenters. The van der Waals surface area contributed by atoms with Gasteiger partial charge in [0.1, 0.15) is 5.82 Å². The van der Waals surface area contributed by atoms with E-state index < -0.39 is 23.7 Å². The van der Waals surface area contributed by atoms with Crippen molar-refractivity contribution in [2.45, 2.75) is 13.3 Å². The predicted molar refractivity (Wildman–Crippen MR) is 64.9 cm³/mol. The molecule has 0 spiro atoms. The maximum atomic E-state index is 13.8. The van der Waals surface area contributed by atoms with E-state index in [2.05, 4.69) is 4.74 Å². The Morgan fingerprint density at radius 1 is 1.05 bits per heavy atom. The first-order chi connectivity index (χ1) is 9.26. The highest BCUT2D eigenvalue weighted by atomic mass is 19.4. The summed E-state index contributed by atoms with van der Waals surface area (Å²) in [5, 5.41) is 9.34. The van der Waals surface area contributed by atoms with Gasteiger partial charge in [0, 0.05) is 5.56 Å². The number of hydrogen-bond donors (Lipinski definition) is 1. The molecule has 20 heavy (non-hydrogen) atoms. The highest BCUT2D eigenvalue weighted by Gasteiger charge is 2.32. The average Bonchev–Trinajstić information content (AvgIpc) is 2.30. The third-order valence-corrected chi connectivity index (χ3v) is 2.62. The summed E-state index contributed by atoms with van der Waals surface area (Å²) >= 11 is 0. The Bertz CT molecular complexity index is 636. The van der Waals surface area contributed by atoms with Crippen LogP contribution in [0.15, 0.2) is 36.4 Å². The van der Waals surface area contributed by atoms with Crippen molar-refractivity contribution in [2.75, 3.05) is 0 Å². The zero-order chi connectivity index (χ0) is 14.9. The van der Waals surface area contributed by atoms with E-state index in [1.807, 2.05) is 0 Å². The van der Waals surface area contributed by atoms with Gasteiger partial charge >= 0.3 is 6.36 Å². The minimum atomic E-state index is -4.93. The number of aromatic hydroxyl groups is 1. The van der Waals surface area contributed by atoms with Gasteiger partial charge < -0.3 is 9.84 Å². The smallest absolute Gasteiger partial charge is 0.504 e. The number of phenolic OH excluding ortho intramolecular Hbond substituents is 1. The number of halogens is 4. The molecule has 2 aromatic carbocycles. The molecule has 6 heteroatoms. The molecule has 0 aliphatic carbocycles. The van der Waals surface area contributed by atoms with Gasteiger partial charge in [0.2, 0.25) is 0 Å². The number of ether oxygens (including phenoxy) is 1. The third-order valence-electron chi connectivity index (χ3n) is 2.62. The first-order valence-corrected chi connectivity index (χ1v) is 5.61. The lowest BCUT2D eigenvalue weighted by molar-refractivity contribution is -0.275. The summed E-state index contributed by atoms with van der Waals surface area (Å²) < 4.78 is 54.0. The quantitative estimate of drug-likeness (QED) is 0.829. The summed E-state index contributed by atoms with van der Waals surface area (Å²) in [4.78, 5) is 0. The van der Waals surface area contributed by atoms with Gasteiger partial charge in [0.05, 0.1) is 0 Å². The monoisotopic (exact) mass is 286 g/mol.